The Labute approximate surface area is 113 Å². The molecule has 0 N–H and O–H groups in total. The highest BCUT2D eigenvalue weighted by Crippen LogP contribution is 2.25. The minimum Gasteiger partial charge on any atom is -0.497 e. The molecule has 1 fully saturated rings. The van der Waals surface area contributed by atoms with Gasteiger partial charge < -0.3 is 14.4 Å². The van der Waals surface area contributed by atoms with Gasteiger partial charge in [0.05, 0.1) is 14.2 Å². The third-order valence-electron chi connectivity index (χ3n) is 3.23. The molecule has 19 heavy (non-hydrogen) atoms. The van der Waals surface area contributed by atoms with E-state index in [1.165, 1.54) is 0 Å². The highest BCUT2D eigenvalue weighted by Gasteiger charge is 2.28. The molecule has 1 atom stereocenters. The number of methoxy groups -OCH3 is 2. The van der Waals surface area contributed by atoms with E-state index in [9.17, 15) is 4.79 Å². The largest absolute Gasteiger partial charge is 0.497 e. The lowest BCUT2D eigenvalue weighted by molar-refractivity contribution is -0.128. The summed E-state index contributed by atoms with van der Waals surface area (Å²) in [6.07, 6.45) is 5.82. The fraction of sp³-hybridized carbons (Fsp3) is 0.400. The van der Waals surface area contributed by atoms with Crippen LogP contribution in [0.4, 0.5) is 0 Å². The van der Waals surface area contributed by atoms with Crippen LogP contribution in [0.15, 0.2) is 18.2 Å². The average Bonchev–Trinajstić information content (AvgIpc) is 2.79. The number of hydrogen-bond donors (Lipinski definition) is 0. The highest BCUT2D eigenvalue weighted by atomic mass is 16.5. The van der Waals surface area contributed by atoms with Gasteiger partial charge in [0.25, 0.3) is 0 Å². The topological polar surface area (TPSA) is 38.8 Å². The number of nitrogens with zero attached hydrogens (tertiary/aromatic N) is 1. The van der Waals surface area contributed by atoms with E-state index in [2.05, 4.69) is 5.92 Å². The van der Waals surface area contributed by atoms with E-state index >= 15 is 0 Å². The predicted molar refractivity (Wildman–Crippen MR) is 71.9 cm³/mol. The van der Waals surface area contributed by atoms with Crippen molar-refractivity contribution in [1.82, 2.24) is 4.90 Å². The molecule has 4 nitrogen and oxygen atoms in total. The first-order valence-electron chi connectivity index (χ1n) is 6.12. The van der Waals surface area contributed by atoms with Crippen LogP contribution in [0.1, 0.15) is 12.0 Å². The van der Waals surface area contributed by atoms with Crippen LogP contribution in [0, 0.1) is 18.3 Å². The maximum absolute atomic E-state index is 11.8. The molecule has 4 heteroatoms. The minimum absolute atomic E-state index is 0.0278. The average molecular weight is 259 g/mol. The highest BCUT2D eigenvalue weighted by molar-refractivity contribution is 5.79. The molecule has 1 aromatic rings. The Kier molecular flexibility index (Phi) is 3.96. The van der Waals surface area contributed by atoms with Gasteiger partial charge in [0.1, 0.15) is 11.5 Å². The summed E-state index contributed by atoms with van der Waals surface area (Å²) in [6, 6.07) is 5.61. The number of amides is 1. The van der Waals surface area contributed by atoms with Crippen LogP contribution in [-0.2, 0) is 11.3 Å². The third kappa shape index (κ3) is 3.00. The van der Waals surface area contributed by atoms with Crippen molar-refractivity contribution in [2.75, 3.05) is 20.8 Å². The monoisotopic (exact) mass is 259 g/mol. The summed E-state index contributed by atoms with van der Waals surface area (Å²) < 4.78 is 10.4. The van der Waals surface area contributed by atoms with Crippen LogP contribution in [0.25, 0.3) is 0 Å². The van der Waals surface area contributed by atoms with Crippen molar-refractivity contribution in [3.63, 3.8) is 0 Å². The van der Waals surface area contributed by atoms with E-state index < -0.39 is 0 Å². The zero-order valence-electron chi connectivity index (χ0n) is 11.2. The summed E-state index contributed by atoms with van der Waals surface area (Å²) in [4.78, 5) is 13.6. The molecule has 1 saturated heterocycles. The predicted octanol–water partition coefficient (Wildman–Crippen LogP) is 1.69. The molecule has 1 aliphatic rings. The van der Waals surface area contributed by atoms with Gasteiger partial charge >= 0.3 is 0 Å². The lowest BCUT2D eigenvalue weighted by Crippen LogP contribution is -2.24. The van der Waals surface area contributed by atoms with Crippen LogP contribution < -0.4 is 9.47 Å². The van der Waals surface area contributed by atoms with Crippen molar-refractivity contribution < 1.29 is 14.3 Å². The molecule has 1 heterocycles. The normalized spacial score (nSPS) is 18.3. The van der Waals surface area contributed by atoms with Gasteiger partial charge in [-0.3, -0.25) is 4.79 Å². The van der Waals surface area contributed by atoms with E-state index in [4.69, 9.17) is 15.9 Å². The maximum atomic E-state index is 11.8. The lowest BCUT2D eigenvalue weighted by atomic mass is 10.1. The zero-order chi connectivity index (χ0) is 13.8. The number of terminal acetylenes is 1. The van der Waals surface area contributed by atoms with Gasteiger partial charge in [0.2, 0.25) is 5.91 Å². The second-order valence-corrected chi connectivity index (χ2v) is 4.56. The molecule has 0 bridgehead atoms. The standard InChI is InChI=1S/C15H17NO3/c1-4-11-7-15(17)16(9-11)10-12-5-13(18-2)8-14(6-12)19-3/h1,5-6,8,11H,7,9-10H2,2-3H3. The third-order valence-corrected chi connectivity index (χ3v) is 3.23. The fourth-order valence-electron chi connectivity index (χ4n) is 2.21. The van der Waals surface area contributed by atoms with Crippen molar-refractivity contribution in [3.8, 4) is 23.8 Å². The van der Waals surface area contributed by atoms with Gasteiger partial charge in [-0.1, -0.05) is 0 Å². The Morgan fingerprint density at radius 2 is 1.95 bits per heavy atom. The molecular formula is C15H17NO3. The van der Waals surface area contributed by atoms with E-state index in [1.807, 2.05) is 12.1 Å². The van der Waals surface area contributed by atoms with Crippen molar-refractivity contribution in [2.45, 2.75) is 13.0 Å². The Balaban J connectivity index is 2.15. The Morgan fingerprint density at radius 3 is 2.42 bits per heavy atom. The second kappa shape index (κ2) is 5.66. The van der Waals surface area contributed by atoms with Gasteiger partial charge in [0.15, 0.2) is 0 Å². The molecule has 100 valence electrons. The van der Waals surface area contributed by atoms with Crippen LogP contribution in [0.2, 0.25) is 0 Å². The zero-order valence-corrected chi connectivity index (χ0v) is 11.2. The molecule has 0 saturated carbocycles. The molecule has 2 rings (SSSR count). The Hall–Kier alpha value is -2.15. The minimum atomic E-state index is 0.0278. The van der Waals surface area contributed by atoms with Crippen LogP contribution in [0.5, 0.6) is 11.5 Å². The van der Waals surface area contributed by atoms with E-state index in [1.54, 1.807) is 25.2 Å². The molecule has 1 amide bonds. The second-order valence-electron chi connectivity index (χ2n) is 4.56. The molecule has 0 aromatic heterocycles. The van der Waals surface area contributed by atoms with Gasteiger partial charge in [-0.25, -0.2) is 0 Å². The number of carbonyl (C=O) groups is 1. The first kappa shape index (κ1) is 13.3. The van der Waals surface area contributed by atoms with Crippen LogP contribution >= 0.6 is 0 Å². The number of benzene rings is 1. The first-order valence-corrected chi connectivity index (χ1v) is 6.12. The van der Waals surface area contributed by atoms with Crippen molar-refractivity contribution >= 4 is 5.91 Å². The van der Waals surface area contributed by atoms with E-state index in [0.29, 0.717) is 19.5 Å². The number of carbonyl (C=O) groups excluding carboxylic acids is 1. The first-order chi connectivity index (χ1) is 9.16. The Morgan fingerprint density at radius 1 is 1.32 bits per heavy atom. The van der Waals surface area contributed by atoms with Crippen LogP contribution in [0.3, 0.4) is 0 Å². The molecule has 0 spiro atoms. The van der Waals surface area contributed by atoms with Crippen molar-refractivity contribution in [2.24, 2.45) is 5.92 Å². The van der Waals surface area contributed by atoms with Crippen LogP contribution in [-0.4, -0.2) is 31.6 Å². The number of hydrogen-bond acceptors (Lipinski definition) is 3. The van der Waals surface area contributed by atoms with Gasteiger partial charge in [-0.05, 0) is 17.7 Å². The summed E-state index contributed by atoms with van der Waals surface area (Å²) in [5.74, 6) is 4.21. The molecule has 1 aliphatic heterocycles. The van der Waals surface area contributed by atoms with Gasteiger partial charge in [0, 0.05) is 31.5 Å². The molecule has 1 unspecified atom stereocenters. The summed E-state index contributed by atoms with van der Waals surface area (Å²) in [7, 11) is 3.21. The van der Waals surface area contributed by atoms with Gasteiger partial charge in [-0.2, -0.15) is 0 Å². The van der Waals surface area contributed by atoms with Crippen molar-refractivity contribution in [1.29, 1.82) is 0 Å². The van der Waals surface area contributed by atoms with Gasteiger partial charge in [-0.15, -0.1) is 12.3 Å². The summed E-state index contributed by atoms with van der Waals surface area (Å²) >= 11 is 0. The molecular weight excluding hydrogens is 242 g/mol. The number of rotatable bonds is 4. The number of likely N-dealkylation sites (tertiary alicyclic amines) is 1. The maximum Gasteiger partial charge on any atom is 0.224 e. The summed E-state index contributed by atoms with van der Waals surface area (Å²) in [6.45, 7) is 1.15. The summed E-state index contributed by atoms with van der Waals surface area (Å²) in [5.41, 5.74) is 0.974. The lowest BCUT2D eigenvalue weighted by Gasteiger charge is -2.17. The van der Waals surface area contributed by atoms with E-state index in [0.717, 1.165) is 17.1 Å². The smallest absolute Gasteiger partial charge is 0.224 e. The Bertz CT molecular complexity index is 496. The fourth-order valence-corrected chi connectivity index (χ4v) is 2.21. The molecule has 0 radical (unpaired) electrons. The summed E-state index contributed by atoms with van der Waals surface area (Å²) in [5, 5.41) is 0. The number of ether oxygens (including phenoxy) is 2. The quantitative estimate of drug-likeness (QED) is 0.772. The molecule has 1 aromatic carbocycles. The van der Waals surface area contributed by atoms with Crippen molar-refractivity contribution in [3.05, 3.63) is 23.8 Å². The SMILES string of the molecule is C#CC1CC(=O)N(Cc2cc(OC)cc(OC)c2)C1. The van der Waals surface area contributed by atoms with E-state index in [-0.39, 0.29) is 11.8 Å². The molecule has 0 aliphatic carbocycles.